The predicted molar refractivity (Wildman–Crippen MR) is 292 cm³/mol. The Hall–Kier alpha value is -1.14. The van der Waals surface area contributed by atoms with Crippen LogP contribution < -0.4 is 5.32 Å². The van der Waals surface area contributed by atoms with E-state index in [1.165, 1.54) is 283 Å². The third kappa shape index (κ3) is 54.0. The number of hydrogen-bond donors (Lipinski definition) is 3. The average Bonchev–Trinajstić information content (AvgIpc) is 3.33. The van der Waals surface area contributed by atoms with Crippen molar-refractivity contribution in [3.8, 4) is 0 Å². The van der Waals surface area contributed by atoms with Gasteiger partial charge in [-0.15, -0.1) is 0 Å². The quantitative estimate of drug-likeness (QED) is 0.0417. The highest BCUT2D eigenvalue weighted by atomic mass is 16.5. The van der Waals surface area contributed by atoms with E-state index < -0.39 is 12.1 Å². The van der Waals surface area contributed by atoms with Gasteiger partial charge in [0.2, 0.25) is 5.91 Å². The van der Waals surface area contributed by atoms with E-state index in [1.54, 1.807) is 0 Å². The van der Waals surface area contributed by atoms with Gasteiger partial charge in [0.1, 0.15) is 0 Å². The molecule has 0 bridgehead atoms. The summed E-state index contributed by atoms with van der Waals surface area (Å²) in [5.41, 5.74) is 0. The summed E-state index contributed by atoms with van der Waals surface area (Å²) in [6, 6.07) is -0.541. The molecule has 0 heterocycles. The van der Waals surface area contributed by atoms with Crippen LogP contribution in [0.5, 0.6) is 0 Å². The number of aliphatic hydroxyl groups is 2. The Balaban J connectivity index is 3.38. The fourth-order valence-electron chi connectivity index (χ4n) is 9.94. The van der Waals surface area contributed by atoms with Crippen molar-refractivity contribution in [1.82, 2.24) is 5.32 Å². The lowest BCUT2D eigenvalue weighted by Crippen LogP contribution is -2.45. The second kappa shape index (κ2) is 57.4. The minimum Gasteiger partial charge on any atom is -0.466 e. The van der Waals surface area contributed by atoms with Crippen LogP contribution in [0.3, 0.4) is 0 Å². The lowest BCUT2D eigenvalue weighted by Gasteiger charge is -2.22. The highest BCUT2D eigenvalue weighted by Crippen LogP contribution is 2.18. The maximum atomic E-state index is 12.5. The third-order valence-corrected chi connectivity index (χ3v) is 14.7. The van der Waals surface area contributed by atoms with Crippen LogP contribution in [0, 0.1) is 0 Å². The molecule has 0 rings (SSSR count). The van der Waals surface area contributed by atoms with Gasteiger partial charge in [-0.2, -0.15) is 0 Å². The molecule has 0 aromatic carbocycles. The molecule has 67 heavy (non-hydrogen) atoms. The number of ether oxygens (including phenoxy) is 1. The summed E-state index contributed by atoms with van der Waals surface area (Å²) in [6.45, 7) is 4.98. The largest absolute Gasteiger partial charge is 0.466 e. The molecule has 2 atom stereocenters. The first kappa shape index (κ1) is 65.9. The van der Waals surface area contributed by atoms with Gasteiger partial charge < -0.3 is 20.3 Å². The first-order valence-electron chi connectivity index (χ1n) is 30.8. The van der Waals surface area contributed by atoms with Gasteiger partial charge in [-0.1, -0.05) is 316 Å². The second-order valence-electron chi connectivity index (χ2n) is 21.4. The van der Waals surface area contributed by atoms with Crippen LogP contribution in [-0.2, 0) is 14.3 Å². The standard InChI is InChI=1S/C61H121NO5/c1-3-5-7-9-11-13-15-16-17-18-24-27-30-34-37-41-45-49-53-59(64)58(57-63)62-60(65)54-50-46-42-38-35-31-28-25-22-20-19-21-23-26-29-32-36-40-44-48-52-56-67-61(66)55-51-47-43-39-33-14-12-10-8-6-4-2/h58-59,63-64H,3-57H2,1-2H3,(H,62,65). The van der Waals surface area contributed by atoms with E-state index in [1.807, 2.05) is 0 Å². The Morgan fingerprint density at radius 2 is 0.612 bits per heavy atom. The van der Waals surface area contributed by atoms with Crippen molar-refractivity contribution in [1.29, 1.82) is 0 Å². The van der Waals surface area contributed by atoms with E-state index in [0.717, 1.165) is 38.5 Å². The molecular weight excluding hydrogens is 827 g/mol. The molecule has 0 aliphatic heterocycles. The summed E-state index contributed by atoms with van der Waals surface area (Å²) in [5, 5.41) is 23.3. The molecule has 0 aliphatic carbocycles. The zero-order chi connectivity index (χ0) is 48.6. The van der Waals surface area contributed by atoms with Gasteiger partial charge in [-0.3, -0.25) is 9.59 Å². The van der Waals surface area contributed by atoms with Crippen LogP contribution in [0.15, 0.2) is 0 Å². The van der Waals surface area contributed by atoms with Gasteiger partial charge in [0.05, 0.1) is 25.4 Å². The molecule has 0 aromatic rings. The molecule has 0 aromatic heterocycles. The van der Waals surface area contributed by atoms with Gasteiger partial charge in [0.15, 0.2) is 0 Å². The SMILES string of the molecule is CCCCCCCCCCCCCCCCCCCCC(O)C(CO)NC(=O)CCCCCCCCCCCCCCCCCCCCCCCOC(=O)CCCCCCCCCCCCC. The molecule has 3 N–H and O–H groups in total. The number of carbonyl (C=O) groups is 2. The van der Waals surface area contributed by atoms with E-state index >= 15 is 0 Å². The summed E-state index contributed by atoms with van der Waals surface area (Å²) in [4.78, 5) is 24.5. The molecule has 0 saturated carbocycles. The molecule has 400 valence electrons. The highest BCUT2D eigenvalue weighted by molar-refractivity contribution is 5.76. The Labute approximate surface area is 419 Å². The lowest BCUT2D eigenvalue weighted by atomic mass is 10.0. The predicted octanol–water partition coefficient (Wildman–Crippen LogP) is 19.1. The number of esters is 1. The van der Waals surface area contributed by atoms with Crippen LogP contribution >= 0.6 is 0 Å². The fraction of sp³-hybridized carbons (Fsp3) is 0.967. The Bertz CT molecular complexity index is 959. The van der Waals surface area contributed by atoms with Crippen molar-refractivity contribution in [2.75, 3.05) is 13.2 Å². The molecule has 0 fully saturated rings. The number of aliphatic hydroxyl groups excluding tert-OH is 2. The van der Waals surface area contributed by atoms with Crippen LogP contribution in [0.25, 0.3) is 0 Å². The van der Waals surface area contributed by atoms with E-state index in [-0.39, 0.29) is 18.5 Å². The molecule has 0 spiro atoms. The van der Waals surface area contributed by atoms with Gasteiger partial charge in [0.25, 0.3) is 0 Å². The molecule has 6 heteroatoms. The molecule has 0 aliphatic rings. The molecule has 6 nitrogen and oxygen atoms in total. The lowest BCUT2D eigenvalue weighted by molar-refractivity contribution is -0.143. The molecule has 0 radical (unpaired) electrons. The zero-order valence-corrected chi connectivity index (χ0v) is 45.7. The van der Waals surface area contributed by atoms with Crippen molar-refractivity contribution < 1.29 is 24.5 Å². The normalized spacial score (nSPS) is 12.5. The summed E-state index contributed by atoms with van der Waals surface area (Å²) >= 11 is 0. The van der Waals surface area contributed by atoms with Crippen molar-refractivity contribution in [3.63, 3.8) is 0 Å². The first-order chi connectivity index (χ1) is 33.0. The van der Waals surface area contributed by atoms with Crippen molar-refractivity contribution in [2.24, 2.45) is 0 Å². The first-order valence-corrected chi connectivity index (χ1v) is 30.8. The van der Waals surface area contributed by atoms with Crippen LogP contribution in [0.2, 0.25) is 0 Å². The molecule has 1 amide bonds. The summed E-state index contributed by atoms with van der Waals surface area (Å²) < 4.78 is 5.47. The number of amides is 1. The summed E-state index contributed by atoms with van der Waals surface area (Å²) in [5.74, 6) is -0.0192. The summed E-state index contributed by atoms with van der Waals surface area (Å²) in [6.07, 6.45) is 66.8. The smallest absolute Gasteiger partial charge is 0.305 e. The van der Waals surface area contributed by atoms with E-state index in [4.69, 9.17) is 4.74 Å². The Morgan fingerprint density at radius 3 is 0.910 bits per heavy atom. The number of nitrogens with one attached hydrogen (secondary N) is 1. The fourth-order valence-corrected chi connectivity index (χ4v) is 9.94. The van der Waals surface area contributed by atoms with Crippen molar-refractivity contribution >= 4 is 11.9 Å². The van der Waals surface area contributed by atoms with Gasteiger partial charge in [-0.05, 0) is 25.7 Å². The van der Waals surface area contributed by atoms with Crippen LogP contribution in [0.1, 0.15) is 354 Å². The zero-order valence-electron chi connectivity index (χ0n) is 45.7. The second-order valence-corrected chi connectivity index (χ2v) is 21.4. The topological polar surface area (TPSA) is 95.9 Å². The van der Waals surface area contributed by atoms with Gasteiger partial charge in [0, 0.05) is 12.8 Å². The molecule has 0 saturated heterocycles. The maximum Gasteiger partial charge on any atom is 0.305 e. The van der Waals surface area contributed by atoms with Gasteiger partial charge >= 0.3 is 5.97 Å². The Morgan fingerprint density at radius 1 is 0.358 bits per heavy atom. The van der Waals surface area contributed by atoms with E-state index in [9.17, 15) is 19.8 Å². The minimum absolute atomic E-state index is 0.0127. The van der Waals surface area contributed by atoms with E-state index in [2.05, 4.69) is 19.2 Å². The molecule has 2 unspecified atom stereocenters. The van der Waals surface area contributed by atoms with Crippen LogP contribution in [-0.4, -0.2) is 47.4 Å². The average molecular weight is 949 g/mol. The number of rotatable bonds is 58. The Kier molecular flexibility index (Phi) is 56.5. The molecular formula is C61H121NO5. The highest BCUT2D eigenvalue weighted by Gasteiger charge is 2.20. The maximum absolute atomic E-state index is 12.5. The van der Waals surface area contributed by atoms with E-state index in [0.29, 0.717) is 25.9 Å². The third-order valence-electron chi connectivity index (χ3n) is 14.7. The number of unbranched alkanes of at least 4 members (excludes halogenated alkanes) is 47. The van der Waals surface area contributed by atoms with Crippen molar-refractivity contribution in [3.05, 3.63) is 0 Å². The summed E-state index contributed by atoms with van der Waals surface area (Å²) in [7, 11) is 0. The van der Waals surface area contributed by atoms with Crippen LogP contribution in [0.4, 0.5) is 0 Å². The number of hydrogen-bond acceptors (Lipinski definition) is 5. The van der Waals surface area contributed by atoms with Gasteiger partial charge in [-0.25, -0.2) is 0 Å². The van der Waals surface area contributed by atoms with Crippen molar-refractivity contribution in [2.45, 2.75) is 366 Å². The monoisotopic (exact) mass is 948 g/mol. The number of carbonyl (C=O) groups excluding carboxylic acids is 2. The minimum atomic E-state index is -0.664.